The first-order chi connectivity index (χ1) is 8.22. The van der Waals surface area contributed by atoms with Gasteiger partial charge in [0.05, 0.1) is 9.64 Å². The lowest BCUT2D eigenvalue weighted by atomic mass is 10.1. The summed E-state index contributed by atoms with van der Waals surface area (Å²) in [5.41, 5.74) is 0. The second-order valence-corrected chi connectivity index (χ2v) is 8.01. The molecule has 0 radical (unpaired) electrons. The van der Waals surface area contributed by atoms with Crippen molar-refractivity contribution in [3.8, 4) is 5.75 Å². The smallest absolute Gasteiger partial charge is 0.183 e. The standard InChI is InChI=1S/C14H16O3S/c1-14(2,3)18(16,17)13-7-5-10-8-12(15)6-4-11(10)9-13/h4-9,15H,1-3H3. The van der Waals surface area contributed by atoms with E-state index in [0.717, 1.165) is 10.8 Å². The maximum Gasteiger partial charge on any atom is 0.183 e. The van der Waals surface area contributed by atoms with Gasteiger partial charge < -0.3 is 5.11 Å². The van der Waals surface area contributed by atoms with Crippen LogP contribution in [0.4, 0.5) is 0 Å². The normalized spacial score (nSPS) is 12.8. The molecular formula is C14H16O3S. The average Bonchev–Trinajstić information content (AvgIpc) is 2.26. The third-order valence-corrected chi connectivity index (χ3v) is 5.40. The van der Waals surface area contributed by atoms with Crippen molar-refractivity contribution in [3.05, 3.63) is 36.4 Å². The molecule has 2 aromatic rings. The number of phenolic OH excluding ortho intramolecular Hbond substituents is 1. The van der Waals surface area contributed by atoms with E-state index in [-0.39, 0.29) is 5.75 Å². The summed E-state index contributed by atoms with van der Waals surface area (Å²) < 4.78 is 23.8. The van der Waals surface area contributed by atoms with E-state index in [1.807, 2.05) is 0 Å². The lowest BCUT2D eigenvalue weighted by molar-refractivity contribution is 0.476. The summed E-state index contributed by atoms with van der Waals surface area (Å²) >= 11 is 0. The number of hydrogen-bond acceptors (Lipinski definition) is 3. The highest BCUT2D eigenvalue weighted by atomic mass is 32.2. The topological polar surface area (TPSA) is 54.4 Å². The highest BCUT2D eigenvalue weighted by Crippen LogP contribution is 2.28. The van der Waals surface area contributed by atoms with Crippen LogP contribution in [0.15, 0.2) is 41.3 Å². The van der Waals surface area contributed by atoms with Crippen LogP contribution in [0.2, 0.25) is 0 Å². The van der Waals surface area contributed by atoms with Crippen molar-refractivity contribution in [1.82, 2.24) is 0 Å². The lowest BCUT2D eigenvalue weighted by Gasteiger charge is -2.19. The number of sulfone groups is 1. The fraction of sp³-hybridized carbons (Fsp3) is 0.286. The molecule has 0 bridgehead atoms. The molecule has 0 fully saturated rings. The number of hydrogen-bond donors (Lipinski definition) is 1. The van der Waals surface area contributed by atoms with Crippen LogP contribution in [0.1, 0.15) is 20.8 Å². The van der Waals surface area contributed by atoms with Gasteiger partial charge in [-0.3, -0.25) is 0 Å². The second kappa shape index (κ2) is 3.99. The zero-order chi connectivity index (χ0) is 13.6. The van der Waals surface area contributed by atoms with Gasteiger partial charge in [0.2, 0.25) is 0 Å². The SMILES string of the molecule is CC(C)(C)S(=O)(=O)c1ccc2cc(O)ccc2c1. The van der Waals surface area contributed by atoms with Crippen LogP contribution in [0.25, 0.3) is 10.8 Å². The Morgan fingerprint density at radius 1 is 0.944 bits per heavy atom. The van der Waals surface area contributed by atoms with Crippen molar-refractivity contribution in [2.45, 2.75) is 30.4 Å². The Hall–Kier alpha value is -1.55. The summed E-state index contributed by atoms with van der Waals surface area (Å²) in [5.74, 6) is 0.175. The zero-order valence-electron chi connectivity index (χ0n) is 10.6. The van der Waals surface area contributed by atoms with E-state index in [0.29, 0.717) is 4.90 Å². The second-order valence-electron chi connectivity index (χ2n) is 5.31. The lowest BCUT2D eigenvalue weighted by Crippen LogP contribution is -2.27. The Morgan fingerprint density at radius 2 is 1.50 bits per heavy atom. The van der Waals surface area contributed by atoms with Crippen LogP contribution < -0.4 is 0 Å². The molecule has 0 atom stereocenters. The summed E-state index contributed by atoms with van der Waals surface area (Å²) in [4.78, 5) is 0.313. The molecule has 0 spiro atoms. The first kappa shape index (κ1) is 12.9. The fourth-order valence-corrected chi connectivity index (χ4v) is 2.97. The number of rotatable bonds is 1. The molecule has 2 aromatic carbocycles. The zero-order valence-corrected chi connectivity index (χ0v) is 11.5. The van der Waals surface area contributed by atoms with Gasteiger partial charge in [-0.15, -0.1) is 0 Å². The van der Waals surface area contributed by atoms with Crippen LogP contribution >= 0.6 is 0 Å². The Morgan fingerprint density at radius 3 is 2.11 bits per heavy atom. The molecule has 0 heterocycles. The minimum absolute atomic E-state index is 0.175. The maximum atomic E-state index is 12.3. The number of fused-ring (bicyclic) bond motifs is 1. The van der Waals surface area contributed by atoms with Crippen molar-refractivity contribution in [1.29, 1.82) is 0 Å². The number of aromatic hydroxyl groups is 1. The van der Waals surface area contributed by atoms with Crippen LogP contribution in [0, 0.1) is 0 Å². The molecule has 0 aliphatic heterocycles. The predicted molar refractivity (Wildman–Crippen MR) is 72.6 cm³/mol. The summed E-state index contributed by atoms with van der Waals surface area (Å²) in [6.45, 7) is 5.05. The van der Waals surface area contributed by atoms with Gasteiger partial charge in [0.15, 0.2) is 9.84 Å². The summed E-state index contributed by atoms with van der Waals surface area (Å²) in [7, 11) is -3.34. The van der Waals surface area contributed by atoms with E-state index in [9.17, 15) is 13.5 Å². The molecule has 0 saturated heterocycles. The van der Waals surface area contributed by atoms with Gasteiger partial charge in [-0.1, -0.05) is 12.1 Å². The van der Waals surface area contributed by atoms with E-state index in [4.69, 9.17) is 0 Å². The monoisotopic (exact) mass is 264 g/mol. The highest BCUT2D eigenvalue weighted by molar-refractivity contribution is 7.92. The fourth-order valence-electron chi connectivity index (χ4n) is 1.73. The van der Waals surface area contributed by atoms with Gasteiger partial charge in [-0.05, 0) is 55.8 Å². The maximum absolute atomic E-state index is 12.3. The van der Waals surface area contributed by atoms with E-state index in [1.54, 1.807) is 57.2 Å². The van der Waals surface area contributed by atoms with Gasteiger partial charge >= 0.3 is 0 Å². The Labute approximate surface area is 107 Å². The molecule has 0 aliphatic carbocycles. The summed E-state index contributed by atoms with van der Waals surface area (Å²) in [6, 6.07) is 9.83. The summed E-state index contributed by atoms with van der Waals surface area (Å²) in [6.07, 6.45) is 0. The van der Waals surface area contributed by atoms with Crippen LogP contribution in [0.5, 0.6) is 5.75 Å². The molecule has 4 heteroatoms. The van der Waals surface area contributed by atoms with E-state index < -0.39 is 14.6 Å². The number of phenols is 1. The molecule has 2 rings (SSSR count). The highest BCUT2D eigenvalue weighted by Gasteiger charge is 2.30. The first-order valence-electron chi connectivity index (χ1n) is 5.69. The first-order valence-corrected chi connectivity index (χ1v) is 7.17. The average molecular weight is 264 g/mol. The van der Waals surface area contributed by atoms with Crippen LogP contribution in [0.3, 0.4) is 0 Å². The summed E-state index contributed by atoms with van der Waals surface area (Å²) in [5, 5.41) is 11.0. The molecule has 18 heavy (non-hydrogen) atoms. The molecule has 1 N–H and O–H groups in total. The van der Waals surface area contributed by atoms with Crippen molar-refractivity contribution in [2.24, 2.45) is 0 Å². The predicted octanol–water partition coefficient (Wildman–Crippen LogP) is 3.12. The molecule has 0 amide bonds. The van der Waals surface area contributed by atoms with Gasteiger partial charge in [-0.2, -0.15) is 0 Å². The minimum atomic E-state index is -3.34. The molecule has 0 aliphatic rings. The van der Waals surface area contributed by atoms with Crippen molar-refractivity contribution in [3.63, 3.8) is 0 Å². The molecular weight excluding hydrogens is 248 g/mol. The molecule has 96 valence electrons. The minimum Gasteiger partial charge on any atom is -0.508 e. The molecule has 0 unspecified atom stereocenters. The quantitative estimate of drug-likeness (QED) is 0.861. The molecule has 0 saturated carbocycles. The van der Waals surface area contributed by atoms with E-state index >= 15 is 0 Å². The Bertz CT molecular complexity index is 695. The molecule has 3 nitrogen and oxygen atoms in total. The molecule has 0 aromatic heterocycles. The van der Waals surface area contributed by atoms with Gasteiger partial charge in [0.25, 0.3) is 0 Å². The third kappa shape index (κ3) is 2.08. The van der Waals surface area contributed by atoms with E-state index in [1.165, 1.54) is 0 Å². The Balaban J connectivity index is 2.65. The van der Waals surface area contributed by atoms with Crippen molar-refractivity contribution >= 4 is 20.6 Å². The van der Waals surface area contributed by atoms with Gasteiger partial charge in [0.1, 0.15) is 5.75 Å². The largest absolute Gasteiger partial charge is 0.508 e. The van der Waals surface area contributed by atoms with Crippen molar-refractivity contribution < 1.29 is 13.5 Å². The van der Waals surface area contributed by atoms with Crippen molar-refractivity contribution in [2.75, 3.05) is 0 Å². The van der Waals surface area contributed by atoms with Gasteiger partial charge in [0, 0.05) is 0 Å². The Kier molecular flexibility index (Phi) is 2.86. The third-order valence-electron chi connectivity index (χ3n) is 2.91. The van der Waals surface area contributed by atoms with Crippen LogP contribution in [-0.2, 0) is 9.84 Å². The van der Waals surface area contributed by atoms with Crippen LogP contribution in [-0.4, -0.2) is 18.3 Å². The van der Waals surface area contributed by atoms with Gasteiger partial charge in [-0.25, -0.2) is 8.42 Å². The number of benzene rings is 2. The van der Waals surface area contributed by atoms with E-state index in [2.05, 4.69) is 0 Å².